The molecule has 2 bridgehead atoms. The highest BCUT2D eigenvalue weighted by molar-refractivity contribution is 6.29. The first kappa shape index (κ1) is 29.1. The molecule has 2 heterocycles. The molecule has 1 aliphatic heterocycles. The summed E-state index contributed by atoms with van der Waals surface area (Å²) in [4.78, 5) is 44.0. The van der Waals surface area contributed by atoms with E-state index in [-0.39, 0.29) is 42.6 Å². The van der Waals surface area contributed by atoms with Crippen LogP contribution < -0.4 is 20.9 Å². The molecule has 0 saturated heterocycles. The van der Waals surface area contributed by atoms with Crippen molar-refractivity contribution in [3.63, 3.8) is 0 Å². The van der Waals surface area contributed by atoms with E-state index in [1.165, 1.54) is 6.20 Å². The van der Waals surface area contributed by atoms with Crippen LogP contribution in [0.1, 0.15) is 30.4 Å². The number of hydrogen-bond donors (Lipinski definition) is 3. The summed E-state index contributed by atoms with van der Waals surface area (Å²) in [7, 11) is 0. The summed E-state index contributed by atoms with van der Waals surface area (Å²) in [6.45, 7) is 1.27. The molecule has 3 N–H and O–H groups in total. The zero-order valence-electron chi connectivity index (χ0n) is 22.2. The molecule has 2 aromatic carbocycles. The summed E-state index contributed by atoms with van der Waals surface area (Å²) in [6, 6.07) is 16.9. The second-order valence-corrected chi connectivity index (χ2v) is 10.2. The highest BCUT2D eigenvalue weighted by atomic mass is 35.5. The lowest BCUT2D eigenvalue weighted by Gasteiger charge is -2.27. The minimum Gasteiger partial charge on any atom is -0.493 e. The summed E-state index contributed by atoms with van der Waals surface area (Å²) in [5.41, 5.74) is 1.31. The normalized spacial score (nSPS) is 17.6. The van der Waals surface area contributed by atoms with Crippen LogP contribution in [0.25, 0.3) is 0 Å². The number of para-hydroxylation sites is 1. The van der Waals surface area contributed by atoms with Crippen LogP contribution >= 0.6 is 11.6 Å². The molecule has 40 heavy (non-hydrogen) atoms. The Balaban J connectivity index is 1.63. The second kappa shape index (κ2) is 14.5. The van der Waals surface area contributed by atoms with Gasteiger partial charge in [0, 0.05) is 24.7 Å². The first-order chi connectivity index (χ1) is 19.4. The van der Waals surface area contributed by atoms with Crippen LogP contribution in [0.4, 0.5) is 5.82 Å². The number of aromatic nitrogens is 2. The zero-order valence-corrected chi connectivity index (χ0v) is 23.0. The predicted molar refractivity (Wildman–Crippen MR) is 153 cm³/mol. The number of benzene rings is 2. The highest BCUT2D eigenvalue weighted by Gasteiger charge is 2.21. The molecule has 0 spiro atoms. The van der Waals surface area contributed by atoms with Crippen molar-refractivity contribution in [2.45, 2.75) is 44.8 Å². The Morgan fingerprint density at radius 1 is 1.07 bits per heavy atom. The van der Waals surface area contributed by atoms with Gasteiger partial charge in [-0.05, 0) is 43.9 Å². The Hall–Kier alpha value is -3.89. The number of ether oxygens (including phenoxy) is 1. The quantitative estimate of drug-likeness (QED) is 0.439. The number of nitrogens with zero attached hydrogens (tertiary/aromatic N) is 3. The third-order valence-electron chi connectivity index (χ3n) is 6.64. The maximum atomic E-state index is 13.4. The molecule has 0 saturated carbocycles. The zero-order chi connectivity index (χ0) is 28.3. The maximum Gasteiger partial charge on any atom is 0.317 e. The van der Waals surface area contributed by atoms with Gasteiger partial charge >= 0.3 is 5.97 Å². The third-order valence-corrected chi connectivity index (χ3v) is 6.94. The Morgan fingerprint density at radius 2 is 1.85 bits per heavy atom. The molecule has 1 aromatic heterocycles. The number of aliphatic carboxylic acids is 1. The number of carbonyl (C=O) groups is 2. The van der Waals surface area contributed by atoms with Gasteiger partial charge in [-0.15, -0.1) is 0 Å². The topological polar surface area (TPSA) is 126 Å². The average molecular weight is 568 g/mol. The minimum absolute atomic E-state index is 0.0347. The number of hydrogen-bond acceptors (Lipinski definition) is 7. The smallest absolute Gasteiger partial charge is 0.317 e. The van der Waals surface area contributed by atoms with Gasteiger partial charge in [0.1, 0.15) is 17.4 Å². The van der Waals surface area contributed by atoms with Crippen molar-refractivity contribution < 1.29 is 19.4 Å². The number of carboxylic acids is 1. The summed E-state index contributed by atoms with van der Waals surface area (Å²) in [5.74, 6) is -0.579. The molecular formula is C29H34ClN5O5. The fraction of sp³-hybridized carbons (Fsp3) is 0.379. The van der Waals surface area contributed by atoms with Crippen molar-refractivity contribution in [3.05, 3.63) is 87.4 Å². The summed E-state index contributed by atoms with van der Waals surface area (Å²) in [6.07, 6.45) is 4.32. The van der Waals surface area contributed by atoms with Gasteiger partial charge in [-0.2, -0.15) is 0 Å². The number of carboxylic acid groups (broad SMARTS) is 1. The molecule has 212 valence electrons. The molecule has 0 fully saturated rings. The van der Waals surface area contributed by atoms with Crippen LogP contribution in [-0.2, 0) is 29.1 Å². The second-order valence-electron chi connectivity index (χ2n) is 9.77. The maximum absolute atomic E-state index is 13.4. The first-order valence-corrected chi connectivity index (χ1v) is 13.7. The molecule has 10 nitrogen and oxygen atoms in total. The van der Waals surface area contributed by atoms with E-state index in [2.05, 4.69) is 15.6 Å². The van der Waals surface area contributed by atoms with E-state index in [0.717, 1.165) is 35.0 Å². The van der Waals surface area contributed by atoms with Crippen LogP contribution in [0.5, 0.6) is 5.75 Å². The molecular weight excluding hydrogens is 534 g/mol. The lowest BCUT2D eigenvalue weighted by atomic mass is 10.0. The summed E-state index contributed by atoms with van der Waals surface area (Å²) < 4.78 is 7.15. The van der Waals surface area contributed by atoms with Crippen molar-refractivity contribution >= 4 is 29.3 Å². The number of carbonyl (C=O) groups excluding carboxylic acids is 1. The number of rotatable bonds is 4. The lowest BCUT2D eigenvalue weighted by Crippen LogP contribution is -2.43. The van der Waals surface area contributed by atoms with E-state index in [1.54, 1.807) is 0 Å². The van der Waals surface area contributed by atoms with E-state index >= 15 is 0 Å². The first-order valence-electron chi connectivity index (χ1n) is 13.4. The van der Waals surface area contributed by atoms with E-state index in [1.807, 2.05) is 59.5 Å². The number of halogens is 1. The molecule has 1 aliphatic rings. The van der Waals surface area contributed by atoms with Gasteiger partial charge in [-0.25, -0.2) is 4.98 Å². The highest BCUT2D eigenvalue weighted by Crippen LogP contribution is 2.19. The van der Waals surface area contributed by atoms with E-state index < -0.39 is 11.5 Å². The molecule has 4 rings (SSSR count). The standard InChI is InChI=1S/C29H34ClN5O5/c30-25-17-32-28-29(39)35(25)19-26(36)31-16-22-11-5-6-12-24(22)40-14-8-2-7-13-34(20-27(37)38)18-23(33-28)15-21-9-3-1-4-10-21/h1,3-6,9-12,17,23H,2,7-8,13-16,18-20H2,(H,31,36)(H,32,33)(H,37,38)/t23-/m0/s1. The Bertz CT molecular complexity index is 1350. The number of nitrogens with one attached hydrogen (secondary N) is 2. The van der Waals surface area contributed by atoms with Crippen LogP contribution in [0.15, 0.2) is 65.6 Å². The van der Waals surface area contributed by atoms with E-state index in [0.29, 0.717) is 31.9 Å². The van der Waals surface area contributed by atoms with Gasteiger partial charge in [0.25, 0.3) is 5.56 Å². The van der Waals surface area contributed by atoms with Crippen molar-refractivity contribution in [3.8, 4) is 5.75 Å². The van der Waals surface area contributed by atoms with Crippen molar-refractivity contribution in [2.75, 3.05) is 31.6 Å². The van der Waals surface area contributed by atoms with Gasteiger partial charge in [-0.1, -0.05) is 60.1 Å². The SMILES string of the molecule is O=C(O)CN1CCCCCOc2ccccc2CNC(=O)Cn2c(Cl)cnc(c2=O)N[C@@H](Cc2ccccc2)C1. The molecule has 11 heteroatoms. The summed E-state index contributed by atoms with van der Waals surface area (Å²) in [5, 5.41) is 15.7. The average Bonchev–Trinajstić information content (AvgIpc) is 2.93. The molecule has 1 amide bonds. The fourth-order valence-corrected chi connectivity index (χ4v) is 4.87. The number of amides is 1. The molecule has 0 unspecified atom stereocenters. The van der Waals surface area contributed by atoms with Crippen LogP contribution in [-0.4, -0.2) is 63.7 Å². The van der Waals surface area contributed by atoms with Crippen LogP contribution in [0.3, 0.4) is 0 Å². The Kier molecular flexibility index (Phi) is 10.5. The lowest BCUT2D eigenvalue weighted by molar-refractivity contribution is -0.138. The molecule has 3 aromatic rings. The third kappa shape index (κ3) is 8.56. The minimum atomic E-state index is -0.922. The Labute approximate surface area is 237 Å². The monoisotopic (exact) mass is 567 g/mol. The number of anilines is 1. The number of fused-ring (bicyclic) bond motifs is 3. The fourth-order valence-electron chi connectivity index (χ4n) is 4.69. The van der Waals surface area contributed by atoms with Gasteiger partial charge in [-0.3, -0.25) is 23.9 Å². The molecule has 1 atom stereocenters. The van der Waals surface area contributed by atoms with Gasteiger partial charge < -0.3 is 20.5 Å². The van der Waals surface area contributed by atoms with Crippen molar-refractivity contribution in [1.29, 1.82) is 0 Å². The molecule has 0 radical (unpaired) electrons. The van der Waals surface area contributed by atoms with Crippen LogP contribution in [0, 0.1) is 0 Å². The van der Waals surface area contributed by atoms with Crippen molar-refractivity contribution in [1.82, 2.24) is 19.8 Å². The Morgan fingerprint density at radius 3 is 2.65 bits per heavy atom. The van der Waals surface area contributed by atoms with Gasteiger partial charge in [0.05, 0.1) is 19.3 Å². The van der Waals surface area contributed by atoms with Crippen molar-refractivity contribution in [2.24, 2.45) is 0 Å². The summed E-state index contributed by atoms with van der Waals surface area (Å²) >= 11 is 6.28. The van der Waals surface area contributed by atoms with E-state index in [4.69, 9.17) is 16.3 Å². The van der Waals surface area contributed by atoms with Gasteiger partial charge in [0.15, 0.2) is 5.82 Å². The molecule has 0 aliphatic carbocycles. The van der Waals surface area contributed by atoms with Crippen LogP contribution in [0.2, 0.25) is 5.15 Å². The predicted octanol–water partition coefficient (Wildman–Crippen LogP) is 3.19. The largest absolute Gasteiger partial charge is 0.493 e. The van der Waals surface area contributed by atoms with E-state index in [9.17, 15) is 19.5 Å². The van der Waals surface area contributed by atoms with Gasteiger partial charge in [0.2, 0.25) is 5.91 Å².